The van der Waals surface area contributed by atoms with Gasteiger partial charge in [0.1, 0.15) is 24.8 Å². The Labute approximate surface area is 182 Å². The molecule has 0 aliphatic rings. The number of fused-ring (bicyclic) bond motifs is 2. The second-order valence-corrected chi connectivity index (χ2v) is 6.94. The fourth-order valence-electron chi connectivity index (χ4n) is 3.18. The number of amides is 1. The lowest BCUT2D eigenvalue weighted by Gasteiger charge is -2.08. The summed E-state index contributed by atoms with van der Waals surface area (Å²) in [5.74, 6) is -1.45. The first-order valence-corrected chi connectivity index (χ1v) is 9.75. The first-order chi connectivity index (χ1) is 15.5. The number of allylic oxidation sites excluding steroid dienone is 1. The van der Waals surface area contributed by atoms with Crippen LogP contribution in [0.3, 0.4) is 0 Å². The van der Waals surface area contributed by atoms with E-state index in [-0.39, 0.29) is 17.9 Å². The van der Waals surface area contributed by atoms with E-state index < -0.39 is 24.2 Å². The quantitative estimate of drug-likeness (QED) is 0.246. The lowest BCUT2D eigenvalue weighted by Crippen LogP contribution is -2.31. The predicted octanol–water partition coefficient (Wildman–Crippen LogP) is 3.48. The molecule has 0 radical (unpaired) electrons. The third-order valence-corrected chi connectivity index (χ3v) is 4.80. The summed E-state index contributed by atoms with van der Waals surface area (Å²) >= 11 is 0. The minimum absolute atomic E-state index is 0.130. The van der Waals surface area contributed by atoms with Gasteiger partial charge in [-0.05, 0) is 35.0 Å². The van der Waals surface area contributed by atoms with E-state index in [2.05, 4.69) is 15.3 Å². The number of nitrogens with zero attached hydrogens (tertiary/aromatic N) is 2. The average molecular weight is 426 g/mol. The van der Waals surface area contributed by atoms with Crippen molar-refractivity contribution in [1.29, 1.82) is 5.26 Å². The number of aliphatic hydroxyl groups is 1. The minimum Gasteiger partial charge on any atom is -0.507 e. The van der Waals surface area contributed by atoms with Crippen LogP contribution in [0.25, 0.3) is 27.4 Å². The van der Waals surface area contributed by atoms with Crippen LogP contribution in [0.4, 0.5) is 0 Å². The Balaban J connectivity index is 1.36. The van der Waals surface area contributed by atoms with Crippen LogP contribution in [-0.2, 0) is 9.53 Å². The number of aliphatic hydroxyl groups excluding tert-OH is 1. The van der Waals surface area contributed by atoms with Gasteiger partial charge in [-0.25, -0.2) is 4.98 Å². The van der Waals surface area contributed by atoms with Crippen molar-refractivity contribution < 1.29 is 19.4 Å². The maximum atomic E-state index is 12.3. The molecule has 0 aliphatic heterocycles. The number of esters is 1. The zero-order valence-electron chi connectivity index (χ0n) is 16.8. The highest BCUT2D eigenvalue weighted by Gasteiger charge is 2.15. The van der Waals surface area contributed by atoms with Gasteiger partial charge in [-0.15, -0.1) is 0 Å². The number of aromatic nitrogens is 2. The van der Waals surface area contributed by atoms with Crippen molar-refractivity contribution in [3.05, 3.63) is 83.9 Å². The smallest absolute Gasteiger partial charge is 0.325 e. The van der Waals surface area contributed by atoms with Crippen molar-refractivity contribution in [2.45, 2.75) is 0 Å². The summed E-state index contributed by atoms with van der Waals surface area (Å²) < 4.78 is 4.98. The number of nitrogens with one attached hydrogen (secondary N) is 2. The lowest BCUT2D eigenvalue weighted by atomic mass is 10.1. The number of imidazole rings is 1. The molecule has 1 heterocycles. The number of para-hydroxylation sites is 2. The summed E-state index contributed by atoms with van der Waals surface area (Å²) in [6.07, 6.45) is 0. The SMILES string of the molecule is N#C/C(=C(/O)COC(=O)CNC(=O)c1ccc2ccccc2c1)c1nc2ccccc2[nH]1. The molecule has 3 aromatic carbocycles. The maximum Gasteiger partial charge on any atom is 0.325 e. The number of carbonyl (C=O) groups excluding carboxylic acids is 2. The van der Waals surface area contributed by atoms with Crippen molar-refractivity contribution in [2.24, 2.45) is 0 Å². The topological polar surface area (TPSA) is 128 Å². The molecular formula is C24H18N4O4. The molecule has 4 aromatic rings. The van der Waals surface area contributed by atoms with Crippen LogP contribution in [0.1, 0.15) is 16.2 Å². The number of benzene rings is 3. The molecule has 0 saturated carbocycles. The molecule has 1 amide bonds. The highest BCUT2D eigenvalue weighted by molar-refractivity contribution is 5.99. The van der Waals surface area contributed by atoms with E-state index in [0.717, 1.165) is 10.8 Å². The number of H-pyrrole nitrogens is 1. The van der Waals surface area contributed by atoms with Crippen molar-refractivity contribution in [1.82, 2.24) is 15.3 Å². The van der Waals surface area contributed by atoms with E-state index in [4.69, 9.17) is 4.74 Å². The second-order valence-electron chi connectivity index (χ2n) is 6.94. The van der Waals surface area contributed by atoms with Crippen LogP contribution in [0, 0.1) is 11.3 Å². The Morgan fingerprint density at radius 3 is 2.59 bits per heavy atom. The Kier molecular flexibility index (Phi) is 5.81. The monoisotopic (exact) mass is 426 g/mol. The van der Waals surface area contributed by atoms with Gasteiger partial charge in [-0.2, -0.15) is 5.26 Å². The molecule has 8 nitrogen and oxygen atoms in total. The number of rotatable bonds is 6. The van der Waals surface area contributed by atoms with Gasteiger partial charge >= 0.3 is 5.97 Å². The van der Waals surface area contributed by atoms with Crippen LogP contribution in [0.5, 0.6) is 0 Å². The Morgan fingerprint density at radius 1 is 1.06 bits per heavy atom. The number of hydrogen-bond acceptors (Lipinski definition) is 6. The minimum atomic E-state index is -0.757. The Hall–Kier alpha value is -4.64. The molecule has 3 N–H and O–H groups in total. The predicted molar refractivity (Wildman–Crippen MR) is 118 cm³/mol. The molecule has 0 fully saturated rings. The molecule has 32 heavy (non-hydrogen) atoms. The first kappa shape index (κ1) is 20.6. The fraction of sp³-hybridized carbons (Fsp3) is 0.0833. The summed E-state index contributed by atoms with van der Waals surface area (Å²) in [5, 5.41) is 24.0. The first-order valence-electron chi connectivity index (χ1n) is 9.75. The molecule has 0 bridgehead atoms. The van der Waals surface area contributed by atoms with E-state index in [1.165, 1.54) is 0 Å². The van der Waals surface area contributed by atoms with Crippen molar-refractivity contribution in [2.75, 3.05) is 13.2 Å². The normalized spacial score (nSPS) is 11.6. The van der Waals surface area contributed by atoms with Crippen molar-refractivity contribution in [3.63, 3.8) is 0 Å². The van der Waals surface area contributed by atoms with Gasteiger partial charge in [0.15, 0.2) is 11.6 Å². The summed E-state index contributed by atoms with van der Waals surface area (Å²) in [6.45, 7) is -0.907. The maximum absolute atomic E-state index is 12.3. The summed E-state index contributed by atoms with van der Waals surface area (Å²) in [5.41, 5.74) is 1.62. The number of aromatic amines is 1. The fourth-order valence-corrected chi connectivity index (χ4v) is 3.18. The molecule has 4 rings (SSSR count). The standard InChI is InChI=1S/C24H18N4O4/c25-12-18(23-27-19-7-3-4-8-20(19)28-23)21(29)14-32-22(30)13-26-24(31)17-10-9-15-5-1-2-6-16(15)11-17/h1-11,29H,13-14H2,(H,26,31)(H,27,28)/b21-18-. The molecule has 0 spiro atoms. The molecule has 8 heteroatoms. The van der Waals surface area contributed by atoms with E-state index in [9.17, 15) is 20.0 Å². The number of carbonyl (C=O) groups is 2. The van der Waals surface area contributed by atoms with Gasteiger partial charge in [-0.3, -0.25) is 9.59 Å². The highest BCUT2D eigenvalue weighted by Crippen LogP contribution is 2.19. The average Bonchev–Trinajstić information content (AvgIpc) is 3.25. The summed E-state index contributed by atoms with van der Waals surface area (Å²) in [6, 6.07) is 21.9. The molecule has 0 saturated heterocycles. The zero-order chi connectivity index (χ0) is 22.5. The summed E-state index contributed by atoms with van der Waals surface area (Å²) in [7, 11) is 0. The van der Waals surface area contributed by atoms with Gasteiger partial charge < -0.3 is 20.1 Å². The van der Waals surface area contributed by atoms with Crippen LogP contribution < -0.4 is 5.32 Å². The van der Waals surface area contributed by atoms with Crippen molar-refractivity contribution in [3.8, 4) is 6.07 Å². The van der Waals surface area contributed by atoms with Crippen LogP contribution in [0.15, 0.2) is 72.5 Å². The Morgan fingerprint density at radius 2 is 1.81 bits per heavy atom. The van der Waals surface area contributed by atoms with Crippen molar-refractivity contribution >= 4 is 39.3 Å². The molecule has 0 atom stereocenters. The van der Waals surface area contributed by atoms with Gasteiger partial charge in [0.2, 0.25) is 0 Å². The third-order valence-electron chi connectivity index (χ3n) is 4.80. The lowest BCUT2D eigenvalue weighted by molar-refractivity contribution is -0.142. The van der Waals surface area contributed by atoms with E-state index in [1.54, 1.807) is 30.3 Å². The van der Waals surface area contributed by atoms with Crippen LogP contribution in [-0.4, -0.2) is 40.1 Å². The van der Waals surface area contributed by atoms with Crippen LogP contribution in [0.2, 0.25) is 0 Å². The van der Waals surface area contributed by atoms with Gasteiger partial charge in [0.05, 0.1) is 11.0 Å². The van der Waals surface area contributed by atoms with E-state index in [1.807, 2.05) is 42.5 Å². The Bertz CT molecular complexity index is 1360. The van der Waals surface area contributed by atoms with Gasteiger partial charge in [0, 0.05) is 5.56 Å². The second kappa shape index (κ2) is 9.02. The van der Waals surface area contributed by atoms with Gasteiger partial charge in [-0.1, -0.05) is 42.5 Å². The number of hydrogen-bond donors (Lipinski definition) is 3. The summed E-state index contributed by atoms with van der Waals surface area (Å²) in [4.78, 5) is 31.5. The zero-order valence-corrected chi connectivity index (χ0v) is 16.8. The molecule has 158 valence electrons. The highest BCUT2D eigenvalue weighted by atomic mass is 16.5. The van der Waals surface area contributed by atoms with Crippen LogP contribution >= 0.6 is 0 Å². The van der Waals surface area contributed by atoms with E-state index in [0.29, 0.717) is 16.6 Å². The molecule has 0 unspecified atom stereocenters. The molecule has 0 aliphatic carbocycles. The third kappa shape index (κ3) is 4.42. The molecule has 1 aromatic heterocycles. The number of ether oxygens (including phenoxy) is 1. The number of nitriles is 1. The molecular weight excluding hydrogens is 408 g/mol. The largest absolute Gasteiger partial charge is 0.507 e. The van der Waals surface area contributed by atoms with E-state index >= 15 is 0 Å². The van der Waals surface area contributed by atoms with Gasteiger partial charge in [0.25, 0.3) is 5.91 Å².